The lowest BCUT2D eigenvalue weighted by Gasteiger charge is -2.20. The molecule has 6 aromatic rings. The van der Waals surface area contributed by atoms with E-state index >= 15 is 0 Å². The third-order valence-electron chi connectivity index (χ3n) is 6.34. The van der Waals surface area contributed by atoms with Crippen molar-refractivity contribution in [2.45, 2.75) is 5.92 Å². The maximum atomic E-state index is 8.81. The Kier molecular flexibility index (Phi) is 5.36. The van der Waals surface area contributed by atoms with E-state index in [9.17, 15) is 0 Å². The predicted molar refractivity (Wildman–Crippen MR) is 141 cm³/mol. The van der Waals surface area contributed by atoms with Crippen LogP contribution >= 0.6 is 0 Å². The molecule has 1 aromatic heterocycles. The van der Waals surface area contributed by atoms with Gasteiger partial charge in [0.05, 0.1) is 0 Å². The summed E-state index contributed by atoms with van der Waals surface area (Å²) in [5.74, 6) is 0.711. The van der Waals surface area contributed by atoms with Crippen molar-refractivity contribution in [3.8, 4) is 5.75 Å². The molecular formula is C32H23NO2. The molecule has 0 radical (unpaired) electrons. The van der Waals surface area contributed by atoms with Crippen LogP contribution in [-0.4, -0.2) is 5.90 Å². The van der Waals surface area contributed by atoms with Crippen LogP contribution in [0.3, 0.4) is 0 Å². The zero-order valence-electron chi connectivity index (χ0n) is 19.0. The Morgan fingerprint density at radius 1 is 0.629 bits per heavy atom. The first-order chi connectivity index (χ1) is 17.3. The fourth-order valence-corrected chi connectivity index (χ4v) is 4.77. The molecule has 6 rings (SSSR count). The van der Waals surface area contributed by atoms with Crippen LogP contribution in [0.4, 0.5) is 0 Å². The minimum absolute atomic E-state index is 0.0151. The van der Waals surface area contributed by atoms with Crippen LogP contribution in [0.15, 0.2) is 132 Å². The summed E-state index contributed by atoms with van der Waals surface area (Å²) >= 11 is 0. The number of hydrogen-bond donors (Lipinski definition) is 1. The molecule has 0 saturated carbocycles. The number of benzene rings is 5. The quantitative estimate of drug-likeness (QED) is 0.163. The minimum Gasteiger partial charge on any atom is -0.456 e. The molecule has 0 bridgehead atoms. The van der Waals surface area contributed by atoms with Gasteiger partial charge in [0.15, 0.2) is 0 Å². The normalized spacial score (nSPS) is 11.2. The summed E-state index contributed by atoms with van der Waals surface area (Å²) in [7, 11) is 0. The Labute approximate surface area is 203 Å². The van der Waals surface area contributed by atoms with Gasteiger partial charge in [0.1, 0.15) is 16.9 Å². The first kappa shape index (κ1) is 20.9. The van der Waals surface area contributed by atoms with Crippen LogP contribution in [-0.2, 0) is 0 Å². The maximum absolute atomic E-state index is 8.81. The monoisotopic (exact) mass is 453 g/mol. The summed E-state index contributed by atoms with van der Waals surface area (Å²) in [5, 5.41) is 10.7. The van der Waals surface area contributed by atoms with Gasteiger partial charge in [-0.05, 0) is 35.4 Å². The highest BCUT2D eigenvalue weighted by atomic mass is 16.5. The number of ether oxygens (including phenoxy) is 1. The highest BCUT2D eigenvalue weighted by Gasteiger charge is 2.25. The highest BCUT2D eigenvalue weighted by Crippen LogP contribution is 2.41. The lowest BCUT2D eigenvalue weighted by molar-refractivity contribution is 0.548. The van der Waals surface area contributed by atoms with Crippen LogP contribution in [0.2, 0.25) is 0 Å². The van der Waals surface area contributed by atoms with E-state index in [1.54, 1.807) is 0 Å². The molecule has 0 amide bonds. The average Bonchev–Trinajstić information content (AvgIpc) is 3.31. The third kappa shape index (κ3) is 3.87. The first-order valence-electron chi connectivity index (χ1n) is 11.7. The Bertz CT molecular complexity index is 1580. The number of fused-ring (bicyclic) bond motifs is 3. The van der Waals surface area contributed by atoms with Crippen molar-refractivity contribution in [2.24, 2.45) is 0 Å². The second-order valence-corrected chi connectivity index (χ2v) is 8.50. The molecule has 0 unspecified atom stereocenters. The van der Waals surface area contributed by atoms with Gasteiger partial charge in [-0.25, -0.2) is 0 Å². The van der Waals surface area contributed by atoms with E-state index < -0.39 is 0 Å². The summed E-state index contributed by atoms with van der Waals surface area (Å²) < 4.78 is 12.4. The van der Waals surface area contributed by atoms with Crippen molar-refractivity contribution in [1.82, 2.24) is 0 Å². The molecule has 1 N–H and O–H groups in total. The van der Waals surface area contributed by atoms with Gasteiger partial charge in [-0.3, -0.25) is 5.41 Å². The molecule has 0 saturated heterocycles. The summed E-state index contributed by atoms with van der Waals surface area (Å²) in [6.07, 6.45) is 0. The summed E-state index contributed by atoms with van der Waals surface area (Å²) in [6, 6.07) is 42.5. The molecule has 1 heterocycles. The minimum atomic E-state index is -0.0151. The Balaban J connectivity index is 1.59. The molecule has 3 heteroatoms. The van der Waals surface area contributed by atoms with E-state index in [0.29, 0.717) is 11.3 Å². The van der Waals surface area contributed by atoms with E-state index in [1.165, 1.54) is 11.1 Å². The number of nitrogens with one attached hydrogen (secondary N) is 1. The van der Waals surface area contributed by atoms with E-state index in [1.807, 2.05) is 72.8 Å². The molecule has 35 heavy (non-hydrogen) atoms. The molecular weight excluding hydrogens is 430 g/mol. The topological polar surface area (TPSA) is 46.2 Å². The van der Waals surface area contributed by atoms with Gasteiger partial charge in [-0.2, -0.15) is 0 Å². The van der Waals surface area contributed by atoms with Gasteiger partial charge in [0, 0.05) is 27.8 Å². The van der Waals surface area contributed by atoms with Crippen LogP contribution < -0.4 is 4.74 Å². The molecule has 0 aliphatic rings. The van der Waals surface area contributed by atoms with E-state index in [2.05, 4.69) is 54.6 Å². The van der Waals surface area contributed by atoms with Gasteiger partial charge in [-0.15, -0.1) is 0 Å². The first-order valence-corrected chi connectivity index (χ1v) is 11.7. The summed E-state index contributed by atoms with van der Waals surface area (Å²) in [5.41, 5.74) is 5.71. The largest absolute Gasteiger partial charge is 0.456 e. The Hall–Kier alpha value is -4.63. The van der Waals surface area contributed by atoms with E-state index in [4.69, 9.17) is 14.6 Å². The molecule has 0 spiro atoms. The molecule has 0 aliphatic carbocycles. The van der Waals surface area contributed by atoms with E-state index in [-0.39, 0.29) is 11.8 Å². The van der Waals surface area contributed by atoms with Crippen LogP contribution in [0, 0.1) is 5.41 Å². The molecule has 168 valence electrons. The number of furan rings is 1. The van der Waals surface area contributed by atoms with Gasteiger partial charge < -0.3 is 9.15 Å². The van der Waals surface area contributed by atoms with Crippen LogP contribution in [0.5, 0.6) is 5.75 Å². The molecule has 0 fully saturated rings. The van der Waals surface area contributed by atoms with Crippen LogP contribution in [0.25, 0.3) is 21.9 Å². The lowest BCUT2D eigenvalue weighted by atomic mass is 9.83. The van der Waals surface area contributed by atoms with Crippen molar-refractivity contribution in [2.75, 3.05) is 0 Å². The van der Waals surface area contributed by atoms with Gasteiger partial charge >= 0.3 is 0 Å². The number of para-hydroxylation sites is 2. The Morgan fingerprint density at radius 3 is 1.86 bits per heavy atom. The van der Waals surface area contributed by atoms with Crippen molar-refractivity contribution >= 4 is 27.8 Å². The van der Waals surface area contributed by atoms with Gasteiger partial charge in [0.2, 0.25) is 5.90 Å². The second kappa shape index (κ2) is 8.96. The van der Waals surface area contributed by atoms with Crippen molar-refractivity contribution in [3.05, 3.63) is 150 Å². The zero-order valence-corrected chi connectivity index (χ0v) is 19.0. The van der Waals surface area contributed by atoms with E-state index in [0.717, 1.165) is 27.5 Å². The molecule has 3 nitrogen and oxygen atoms in total. The smallest absolute Gasteiger partial charge is 0.219 e. The second-order valence-electron chi connectivity index (χ2n) is 8.50. The SMILES string of the molecule is N=C(Oc1ccccc1)c1ccc(C(c2ccccc2)c2ccccc2)c2oc3ccccc3c12. The molecule has 0 aliphatic heterocycles. The zero-order chi connectivity index (χ0) is 23.6. The van der Waals surface area contributed by atoms with Crippen molar-refractivity contribution in [1.29, 1.82) is 5.41 Å². The van der Waals surface area contributed by atoms with Gasteiger partial charge in [-0.1, -0.05) is 103 Å². The average molecular weight is 454 g/mol. The predicted octanol–water partition coefficient (Wildman–Crippen LogP) is 8.17. The Morgan fingerprint density at radius 2 is 1.20 bits per heavy atom. The van der Waals surface area contributed by atoms with Crippen molar-refractivity contribution < 1.29 is 9.15 Å². The van der Waals surface area contributed by atoms with Crippen molar-refractivity contribution in [3.63, 3.8) is 0 Å². The summed E-state index contributed by atoms with van der Waals surface area (Å²) in [4.78, 5) is 0. The third-order valence-corrected chi connectivity index (χ3v) is 6.34. The summed E-state index contributed by atoms with van der Waals surface area (Å²) in [6.45, 7) is 0. The molecule has 0 atom stereocenters. The fraction of sp³-hybridized carbons (Fsp3) is 0.0312. The molecule has 5 aromatic carbocycles. The van der Waals surface area contributed by atoms with Crippen LogP contribution in [0.1, 0.15) is 28.2 Å². The lowest BCUT2D eigenvalue weighted by Crippen LogP contribution is -2.10. The maximum Gasteiger partial charge on any atom is 0.219 e. The fourth-order valence-electron chi connectivity index (χ4n) is 4.77. The highest BCUT2D eigenvalue weighted by molar-refractivity contribution is 6.17. The number of hydrogen-bond acceptors (Lipinski definition) is 3. The number of rotatable bonds is 5. The standard InChI is InChI=1S/C32H23NO2/c33-32(34-24-16-8-3-9-17-24)27-21-20-26(31-30(27)25-18-10-11-19-28(25)35-31)29(22-12-4-1-5-13-22)23-14-6-2-7-15-23/h1-21,29,33H. The van der Waals surface area contributed by atoms with Gasteiger partial charge in [0.25, 0.3) is 0 Å².